The zero-order valence-corrected chi connectivity index (χ0v) is 13.6. The lowest BCUT2D eigenvalue weighted by Crippen LogP contribution is -2.28. The zero-order valence-electron chi connectivity index (χ0n) is 12.0. The van der Waals surface area contributed by atoms with Crippen molar-refractivity contribution in [2.45, 2.75) is 32.1 Å². The minimum Gasteiger partial charge on any atom is -0.352 e. The summed E-state index contributed by atoms with van der Waals surface area (Å²) >= 11 is 5.71. The van der Waals surface area contributed by atoms with E-state index in [0.717, 1.165) is 6.07 Å². The molecule has 0 aromatic heterocycles. The minimum atomic E-state index is -4.12. The molecule has 0 saturated heterocycles. The smallest absolute Gasteiger partial charge is 0.252 e. The molecule has 0 aliphatic carbocycles. The van der Waals surface area contributed by atoms with Crippen LogP contribution in [0.5, 0.6) is 0 Å². The summed E-state index contributed by atoms with van der Waals surface area (Å²) in [7, 11) is -4.12. The van der Waals surface area contributed by atoms with Crippen LogP contribution in [0.3, 0.4) is 0 Å². The van der Waals surface area contributed by atoms with Crippen molar-refractivity contribution in [2.75, 3.05) is 6.54 Å². The number of halogens is 2. The van der Waals surface area contributed by atoms with Crippen LogP contribution in [0, 0.1) is 11.2 Å². The van der Waals surface area contributed by atoms with Gasteiger partial charge in [-0.2, -0.15) is 0 Å². The fourth-order valence-electron chi connectivity index (χ4n) is 1.54. The number of amides is 1. The quantitative estimate of drug-likeness (QED) is 0.884. The largest absolute Gasteiger partial charge is 0.352 e. The van der Waals surface area contributed by atoms with Crippen LogP contribution in [0.15, 0.2) is 17.0 Å². The normalized spacial score (nSPS) is 12.3. The third kappa shape index (κ3) is 5.26. The Balaban J connectivity index is 3.02. The number of sulfonamides is 1. The number of carbonyl (C=O) groups excluding carboxylic acids is 1. The number of hydrogen-bond donors (Lipinski definition) is 2. The molecule has 0 spiro atoms. The number of nitrogens with one attached hydrogen (secondary N) is 1. The molecule has 1 aromatic rings. The third-order valence-electron chi connectivity index (χ3n) is 2.74. The van der Waals surface area contributed by atoms with Crippen LogP contribution < -0.4 is 10.5 Å². The van der Waals surface area contributed by atoms with E-state index >= 15 is 0 Å². The summed E-state index contributed by atoms with van der Waals surface area (Å²) in [6.45, 7) is 6.38. The molecule has 118 valence electrons. The topological polar surface area (TPSA) is 89.3 Å². The molecule has 0 unspecified atom stereocenters. The Hall–Kier alpha value is -1.18. The Morgan fingerprint density at radius 3 is 2.43 bits per heavy atom. The predicted molar refractivity (Wildman–Crippen MR) is 79.2 cm³/mol. The molecular weight excluding hydrogens is 319 g/mol. The summed E-state index contributed by atoms with van der Waals surface area (Å²) in [4.78, 5) is 11.5. The van der Waals surface area contributed by atoms with E-state index in [1.54, 1.807) is 0 Å². The second-order valence-electron chi connectivity index (χ2n) is 5.88. The van der Waals surface area contributed by atoms with Gasteiger partial charge in [0.25, 0.3) is 5.91 Å². The Bertz CT molecular complexity index is 654. The SMILES string of the molecule is CC(C)(C)CCNC(=O)c1cc(S(N)(=O)=O)cc(F)c1Cl. The van der Waals surface area contributed by atoms with Crippen LogP contribution in [0.1, 0.15) is 37.6 Å². The van der Waals surface area contributed by atoms with Gasteiger partial charge in [-0.3, -0.25) is 4.79 Å². The van der Waals surface area contributed by atoms with Crippen LogP contribution in [-0.4, -0.2) is 20.9 Å². The van der Waals surface area contributed by atoms with Gasteiger partial charge in [-0.25, -0.2) is 17.9 Å². The molecule has 0 saturated carbocycles. The maximum absolute atomic E-state index is 13.6. The summed E-state index contributed by atoms with van der Waals surface area (Å²) < 4.78 is 36.1. The molecule has 0 aliphatic rings. The van der Waals surface area contributed by atoms with Gasteiger partial charge in [0, 0.05) is 6.54 Å². The van der Waals surface area contributed by atoms with Gasteiger partial charge in [-0.05, 0) is 24.0 Å². The summed E-state index contributed by atoms with van der Waals surface area (Å²) in [6, 6.07) is 1.65. The molecule has 8 heteroatoms. The van der Waals surface area contributed by atoms with Crippen LogP contribution in [0.2, 0.25) is 5.02 Å². The van der Waals surface area contributed by atoms with Crippen molar-refractivity contribution in [3.63, 3.8) is 0 Å². The Labute approximate surface area is 128 Å². The van der Waals surface area contributed by atoms with Gasteiger partial charge in [0.15, 0.2) is 0 Å². The van der Waals surface area contributed by atoms with Crippen LogP contribution in [0.4, 0.5) is 4.39 Å². The van der Waals surface area contributed by atoms with Gasteiger partial charge < -0.3 is 5.32 Å². The van der Waals surface area contributed by atoms with Gasteiger partial charge in [0.1, 0.15) is 5.82 Å². The van der Waals surface area contributed by atoms with Crippen LogP contribution >= 0.6 is 11.6 Å². The molecule has 1 amide bonds. The van der Waals surface area contributed by atoms with Crippen molar-refractivity contribution in [1.82, 2.24) is 5.32 Å². The molecule has 0 radical (unpaired) electrons. The van der Waals surface area contributed by atoms with Crippen molar-refractivity contribution in [1.29, 1.82) is 0 Å². The summed E-state index contributed by atoms with van der Waals surface area (Å²) in [5.41, 5.74) is -0.236. The molecular formula is C13H18ClFN2O3S. The van der Waals surface area contributed by atoms with Crippen molar-refractivity contribution in [3.05, 3.63) is 28.5 Å². The number of hydrogen-bond acceptors (Lipinski definition) is 3. The first-order chi connectivity index (χ1) is 9.42. The lowest BCUT2D eigenvalue weighted by Gasteiger charge is -2.18. The molecule has 3 N–H and O–H groups in total. The van der Waals surface area contributed by atoms with Crippen LogP contribution in [0.25, 0.3) is 0 Å². The molecule has 1 aromatic carbocycles. The number of nitrogens with two attached hydrogens (primary N) is 1. The van der Waals surface area contributed by atoms with Gasteiger partial charge >= 0.3 is 0 Å². The molecule has 0 heterocycles. The van der Waals surface area contributed by atoms with E-state index < -0.39 is 31.7 Å². The monoisotopic (exact) mass is 336 g/mol. The van der Waals surface area contributed by atoms with E-state index in [0.29, 0.717) is 19.0 Å². The zero-order chi connectivity index (χ0) is 16.4. The average Bonchev–Trinajstić information content (AvgIpc) is 2.29. The standard InChI is InChI=1S/C13H18ClFN2O3S/c1-13(2,3)4-5-17-12(18)9-6-8(21(16,19)20)7-10(15)11(9)14/h6-7H,4-5H2,1-3H3,(H,17,18)(H2,16,19,20). The van der Waals surface area contributed by atoms with Gasteiger partial charge in [0.05, 0.1) is 15.5 Å². The highest BCUT2D eigenvalue weighted by Gasteiger charge is 2.20. The predicted octanol–water partition coefficient (Wildman–Crippen LogP) is 2.29. The molecule has 5 nitrogen and oxygen atoms in total. The second-order valence-corrected chi connectivity index (χ2v) is 7.82. The van der Waals surface area contributed by atoms with Crippen molar-refractivity contribution in [3.8, 4) is 0 Å². The first kappa shape index (κ1) is 17.9. The minimum absolute atomic E-state index is 0.0186. The van der Waals surface area contributed by atoms with E-state index in [-0.39, 0.29) is 11.0 Å². The fraction of sp³-hybridized carbons (Fsp3) is 0.462. The van der Waals surface area contributed by atoms with Gasteiger partial charge in [-0.1, -0.05) is 32.4 Å². The number of primary sulfonamides is 1. The number of benzene rings is 1. The fourth-order valence-corrected chi connectivity index (χ4v) is 2.28. The molecule has 0 atom stereocenters. The van der Waals surface area contributed by atoms with E-state index in [2.05, 4.69) is 5.32 Å². The lowest BCUT2D eigenvalue weighted by atomic mass is 9.92. The summed E-state index contributed by atoms with van der Waals surface area (Å²) in [5, 5.41) is 7.07. The number of carbonyl (C=O) groups is 1. The van der Waals surface area contributed by atoms with Crippen molar-refractivity contribution < 1.29 is 17.6 Å². The van der Waals surface area contributed by atoms with Crippen LogP contribution in [-0.2, 0) is 10.0 Å². The van der Waals surface area contributed by atoms with E-state index in [9.17, 15) is 17.6 Å². The molecule has 0 aliphatic heterocycles. The molecule has 0 fully saturated rings. The summed E-state index contributed by atoms with van der Waals surface area (Å²) in [5.74, 6) is -1.65. The van der Waals surface area contributed by atoms with Gasteiger partial charge in [-0.15, -0.1) is 0 Å². The third-order valence-corrected chi connectivity index (χ3v) is 4.01. The first-order valence-corrected chi connectivity index (χ1v) is 8.14. The van der Waals surface area contributed by atoms with Crippen molar-refractivity contribution in [2.24, 2.45) is 10.6 Å². The molecule has 21 heavy (non-hydrogen) atoms. The van der Waals surface area contributed by atoms with E-state index in [1.165, 1.54) is 0 Å². The van der Waals surface area contributed by atoms with E-state index in [4.69, 9.17) is 16.7 Å². The highest BCUT2D eigenvalue weighted by Crippen LogP contribution is 2.24. The Kier molecular flexibility index (Phi) is 5.35. The van der Waals surface area contributed by atoms with E-state index in [1.807, 2.05) is 20.8 Å². The highest BCUT2D eigenvalue weighted by molar-refractivity contribution is 7.89. The average molecular weight is 337 g/mol. The summed E-state index contributed by atoms with van der Waals surface area (Å²) in [6.07, 6.45) is 0.702. The maximum atomic E-state index is 13.6. The first-order valence-electron chi connectivity index (χ1n) is 6.22. The lowest BCUT2D eigenvalue weighted by molar-refractivity contribution is 0.0949. The molecule has 0 bridgehead atoms. The number of rotatable bonds is 4. The van der Waals surface area contributed by atoms with Gasteiger partial charge in [0.2, 0.25) is 10.0 Å². The Morgan fingerprint density at radius 2 is 1.95 bits per heavy atom. The Morgan fingerprint density at radius 1 is 1.38 bits per heavy atom. The second kappa shape index (κ2) is 6.29. The maximum Gasteiger partial charge on any atom is 0.252 e. The molecule has 1 rings (SSSR count). The highest BCUT2D eigenvalue weighted by atomic mass is 35.5. The van der Waals surface area contributed by atoms with Crippen molar-refractivity contribution >= 4 is 27.5 Å².